The molecule has 0 aromatic heterocycles. The van der Waals surface area contributed by atoms with Crippen LogP contribution in [0.2, 0.25) is 0 Å². The first kappa shape index (κ1) is 16.4. The zero-order valence-electron chi connectivity index (χ0n) is 13.7. The summed E-state index contributed by atoms with van der Waals surface area (Å²) in [4.78, 5) is 1.26. The van der Waals surface area contributed by atoms with Crippen LogP contribution in [0, 0.1) is 0 Å². The number of ether oxygens (including phenoxy) is 1. The monoisotopic (exact) mass is 332 g/mol. The Morgan fingerprint density at radius 2 is 1.62 bits per heavy atom. The molecule has 0 radical (unpaired) electrons. The Kier molecular flexibility index (Phi) is 5.39. The Morgan fingerprint density at radius 3 is 2.29 bits per heavy atom. The highest BCUT2D eigenvalue weighted by Crippen LogP contribution is 2.31. The quantitative estimate of drug-likeness (QED) is 0.490. The third-order valence-corrected chi connectivity index (χ3v) is 5.05. The molecule has 0 fully saturated rings. The van der Waals surface area contributed by atoms with Crippen molar-refractivity contribution in [2.45, 2.75) is 10.6 Å². The molecule has 0 amide bonds. The minimum atomic E-state index is 0.873. The molecule has 3 rings (SSSR count). The summed E-state index contributed by atoms with van der Waals surface area (Å²) in [7, 11) is 1.68. The predicted molar refractivity (Wildman–Crippen MR) is 105 cm³/mol. The van der Waals surface area contributed by atoms with E-state index in [9.17, 15) is 0 Å². The standard InChI is InChI=1S/C22H20OS/c1-3-18-15-20(19-9-12-21(23-2)13-10-19)11-14-22(18)24-16-17-7-5-4-6-8-17/h3-15H,1,16H2,2H3. The first-order chi connectivity index (χ1) is 11.8. The van der Waals surface area contributed by atoms with E-state index in [1.807, 2.05) is 36.0 Å². The van der Waals surface area contributed by atoms with Crippen LogP contribution in [0.1, 0.15) is 11.1 Å². The summed E-state index contributed by atoms with van der Waals surface area (Å²) in [6.07, 6.45) is 1.93. The molecule has 2 heteroatoms. The van der Waals surface area contributed by atoms with Crippen LogP contribution in [-0.2, 0) is 5.75 Å². The average Bonchev–Trinajstić information content (AvgIpc) is 2.67. The van der Waals surface area contributed by atoms with Crippen LogP contribution in [0.3, 0.4) is 0 Å². The van der Waals surface area contributed by atoms with Crippen molar-refractivity contribution < 1.29 is 4.74 Å². The van der Waals surface area contributed by atoms with E-state index in [-0.39, 0.29) is 0 Å². The number of hydrogen-bond acceptors (Lipinski definition) is 2. The summed E-state index contributed by atoms with van der Waals surface area (Å²) in [5.74, 6) is 1.83. The van der Waals surface area contributed by atoms with Gasteiger partial charge >= 0.3 is 0 Å². The van der Waals surface area contributed by atoms with E-state index in [4.69, 9.17) is 4.74 Å². The van der Waals surface area contributed by atoms with Gasteiger partial charge in [0.2, 0.25) is 0 Å². The van der Waals surface area contributed by atoms with Crippen LogP contribution in [-0.4, -0.2) is 7.11 Å². The van der Waals surface area contributed by atoms with Gasteiger partial charge in [0.05, 0.1) is 7.11 Å². The van der Waals surface area contributed by atoms with Crippen LogP contribution < -0.4 is 4.74 Å². The molecule has 0 saturated carbocycles. The van der Waals surface area contributed by atoms with Gasteiger partial charge in [-0.05, 0) is 46.5 Å². The van der Waals surface area contributed by atoms with E-state index in [1.165, 1.54) is 27.1 Å². The van der Waals surface area contributed by atoms with E-state index < -0.39 is 0 Å². The van der Waals surface area contributed by atoms with E-state index in [1.54, 1.807) is 7.11 Å². The Labute approximate surface area is 148 Å². The van der Waals surface area contributed by atoms with E-state index in [0.29, 0.717) is 0 Å². The van der Waals surface area contributed by atoms with Crippen molar-refractivity contribution in [3.05, 3.63) is 90.5 Å². The van der Waals surface area contributed by atoms with E-state index in [2.05, 4.69) is 61.2 Å². The number of hydrogen-bond donors (Lipinski definition) is 0. The van der Waals surface area contributed by atoms with Gasteiger partial charge in [0.15, 0.2) is 0 Å². The Bertz CT molecular complexity index is 807. The second kappa shape index (κ2) is 7.89. The highest BCUT2D eigenvalue weighted by Gasteiger charge is 2.05. The van der Waals surface area contributed by atoms with Crippen molar-refractivity contribution in [1.82, 2.24) is 0 Å². The van der Waals surface area contributed by atoms with Gasteiger partial charge in [-0.3, -0.25) is 0 Å². The molecule has 0 unspecified atom stereocenters. The lowest BCUT2D eigenvalue weighted by atomic mass is 10.0. The molecule has 1 nitrogen and oxygen atoms in total. The molecule has 0 saturated heterocycles. The topological polar surface area (TPSA) is 9.23 Å². The number of thioether (sulfide) groups is 1. The van der Waals surface area contributed by atoms with Crippen molar-refractivity contribution in [3.63, 3.8) is 0 Å². The minimum absolute atomic E-state index is 0.873. The average molecular weight is 332 g/mol. The zero-order chi connectivity index (χ0) is 16.8. The molecule has 0 atom stereocenters. The molecule has 3 aromatic rings. The second-order valence-electron chi connectivity index (χ2n) is 5.46. The van der Waals surface area contributed by atoms with Gasteiger partial charge in [0.1, 0.15) is 5.75 Å². The van der Waals surface area contributed by atoms with Gasteiger partial charge in [0, 0.05) is 10.6 Å². The zero-order valence-corrected chi connectivity index (χ0v) is 14.6. The van der Waals surface area contributed by atoms with Gasteiger partial charge in [-0.15, -0.1) is 11.8 Å². The fourth-order valence-corrected chi connectivity index (χ4v) is 3.53. The van der Waals surface area contributed by atoms with Gasteiger partial charge < -0.3 is 4.74 Å². The van der Waals surface area contributed by atoms with E-state index >= 15 is 0 Å². The highest BCUT2D eigenvalue weighted by atomic mass is 32.2. The molecule has 0 aliphatic carbocycles. The molecule has 0 aliphatic heterocycles. The molecule has 0 aliphatic rings. The molecule has 0 N–H and O–H groups in total. The maximum atomic E-state index is 5.22. The molecule has 24 heavy (non-hydrogen) atoms. The van der Waals surface area contributed by atoms with E-state index in [0.717, 1.165) is 11.5 Å². The molecule has 0 spiro atoms. The summed E-state index contributed by atoms with van der Waals surface area (Å²) >= 11 is 1.84. The normalized spacial score (nSPS) is 10.4. The summed E-state index contributed by atoms with van der Waals surface area (Å²) < 4.78 is 5.22. The predicted octanol–water partition coefficient (Wildman–Crippen LogP) is 6.30. The third kappa shape index (κ3) is 3.90. The maximum Gasteiger partial charge on any atom is 0.118 e. The Morgan fingerprint density at radius 1 is 0.917 bits per heavy atom. The van der Waals surface area contributed by atoms with Crippen LogP contribution >= 0.6 is 11.8 Å². The maximum absolute atomic E-state index is 5.22. The minimum Gasteiger partial charge on any atom is -0.497 e. The Hall–Kier alpha value is -2.45. The van der Waals surface area contributed by atoms with Crippen LogP contribution in [0.25, 0.3) is 17.2 Å². The number of rotatable bonds is 6. The van der Waals surface area contributed by atoms with Crippen molar-refractivity contribution in [1.29, 1.82) is 0 Å². The van der Waals surface area contributed by atoms with Crippen LogP contribution in [0.4, 0.5) is 0 Å². The lowest BCUT2D eigenvalue weighted by molar-refractivity contribution is 0.415. The first-order valence-corrected chi connectivity index (χ1v) is 8.86. The third-order valence-electron chi connectivity index (χ3n) is 3.89. The fourth-order valence-electron chi connectivity index (χ4n) is 2.54. The number of methoxy groups -OCH3 is 1. The summed E-state index contributed by atoms with van der Waals surface area (Å²) in [5, 5.41) is 0. The van der Waals surface area contributed by atoms with Crippen molar-refractivity contribution in [3.8, 4) is 16.9 Å². The van der Waals surface area contributed by atoms with Crippen molar-refractivity contribution in [2.24, 2.45) is 0 Å². The lowest BCUT2D eigenvalue weighted by Gasteiger charge is -2.10. The molecular formula is C22H20OS. The highest BCUT2D eigenvalue weighted by molar-refractivity contribution is 7.98. The molecule has 0 bridgehead atoms. The second-order valence-corrected chi connectivity index (χ2v) is 6.48. The summed E-state index contributed by atoms with van der Waals surface area (Å²) in [5.41, 5.74) is 4.87. The SMILES string of the molecule is C=Cc1cc(-c2ccc(OC)cc2)ccc1SCc1ccccc1. The van der Waals surface area contributed by atoms with Crippen LogP contribution in [0.15, 0.2) is 84.3 Å². The van der Waals surface area contributed by atoms with Gasteiger partial charge in [0.25, 0.3) is 0 Å². The molecule has 3 aromatic carbocycles. The largest absolute Gasteiger partial charge is 0.497 e. The summed E-state index contributed by atoms with van der Waals surface area (Å²) in [6.45, 7) is 3.98. The molecule has 120 valence electrons. The van der Waals surface area contributed by atoms with Gasteiger partial charge in [-0.2, -0.15) is 0 Å². The number of benzene rings is 3. The molecular weight excluding hydrogens is 312 g/mol. The van der Waals surface area contributed by atoms with Gasteiger partial charge in [-0.1, -0.05) is 61.2 Å². The van der Waals surface area contributed by atoms with Crippen molar-refractivity contribution >= 4 is 17.8 Å². The fraction of sp³-hybridized carbons (Fsp3) is 0.0909. The van der Waals surface area contributed by atoms with Crippen molar-refractivity contribution in [2.75, 3.05) is 7.11 Å². The van der Waals surface area contributed by atoms with Crippen LogP contribution in [0.5, 0.6) is 5.75 Å². The lowest BCUT2D eigenvalue weighted by Crippen LogP contribution is -1.86. The first-order valence-electron chi connectivity index (χ1n) is 7.88. The molecule has 0 heterocycles. The Balaban J connectivity index is 1.80. The smallest absolute Gasteiger partial charge is 0.118 e. The summed E-state index contributed by atoms with van der Waals surface area (Å²) in [6, 6.07) is 25.2. The van der Waals surface area contributed by atoms with Gasteiger partial charge in [-0.25, -0.2) is 0 Å².